The highest BCUT2D eigenvalue weighted by atomic mass is 79.9. The Kier molecular flexibility index (Phi) is 4.41. The lowest BCUT2D eigenvalue weighted by atomic mass is 10.3. The maximum atomic E-state index is 12.2. The summed E-state index contributed by atoms with van der Waals surface area (Å²) in [7, 11) is -1.12. The van der Waals surface area contributed by atoms with Crippen LogP contribution in [0.3, 0.4) is 0 Å². The van der Waals surface area contributed by atoms with E-state index in [0.29, 0.717) is 16.3 Å². The third-order valence-electron chi connectivity index (χ3n) is 2.17. The Morgan fingerprint density at radius 2 is 2.06 bits per heavy atom. The highest BCUT2D eigenvalue weighted by Gasteiger charge is 2.12. The first kappa shape index (κ1) is 13.3. The topological polar surface area (TPSA) is 43.1 Å². The summed E-state index contributed by atoms with van der Waals surface area (Å²) in [6.45, 7) is 0. The number of rotatable bonds is 3. The average Bonchev–Trinajstić information content (AvgIpc) is 2.68. The van der Waals surface area contributed by atoms with E-state index in [1.165, 1.54) is 0 Å². The molecule has 0 fully saturated rings. The predicted octanol–water partition coefficient (Wildman–Crippen LogP) is 4.16. The summed E-state index contributed by atoms with van der Waals surface area (Å²) < 4.78 is 14.1. The number of halogens is 2. The second-order valence-electron chi connectivity index (χ2n) is 3.36. The molecule has 90 valence electrons. The maximum Gasteiger partial charge on any atom is 0.0638 e. The van der Waals surface area contributed by atoms with Crippen LogP contribution < -0.4 is 5.73 Å². The molecule has 17 heavy (non-hydrogen) atoms. The fourth-order valence-electron chi connectivity index (χ4n) is 1.33. The van der Waals surface area contributed by atoms with E-state index in [-0.39, 0.29) is 0 Å². The number of hydrogen-bond acceptors (Lipinski definition) is 3. The summed E-state index contributed by atoms with van der Waals surface area (Å²) in [6.07, 6.45) is 0. The van der Waals surface area contributed by atoms with Crippen molar-refractivity contribution >= 4 is 59.7 Å². The quantitative estimate of drug-likeness (QED) is 0.794. The zero-order valence-corrected chi connectivity index (χ0v) is 13.5. The van der Waals surface area contributed by atoms with E-state index in [9.17, 15) is 4.21 Å². The number of nitrogen functional groups attached to an aromatic ring is 1. The van der Waals surface area contributed by atoms with Crippen LogP contribution in [0.1, 0.15) is 4.88 Å². The molecule has 0 radical (unpaired) electrons. The van der Waals surface area contributed by atoms with Gasteiger partial charge in [-0.2, -0.15) is 0 Å². The van der Waals surface area contributed by atoms with Crippen molar-refractivity contribution in [3.8, 4) is 0 Å². The van der Waals surface area contributed by atoms with Crippen molar-refractivity contribution < 1.29 is 4.21 Å². The first-order valence-electron chi connectivity index (χ1n) is 4.73. The van der Waals surface area contributed by atoms with Gasteiger partial charge in [-0.15, -0.1) is 11.3 Å². The molecule has 2 nitrogen and oxygen atoms in total. The minimum absolute atomic E-state index is 0.485. The molecular weight excluding hydrogens is 386 g/mol. The van der Waals surface area contributed by atoms with Gasteiger partial charge >= 0.3 is 0 Å². The molecule has 1 unspecified atom stereocenters. The molecule has 2 N–H and O–H groups in total. The van der Waals surface area contributed by atoms with Crippen molar-refractivity contribution in [3.63, 3.8) is 0 Å². The molecule has 0 spiro atoms. The van der Waals surface area contributed by atoms with Crippen molar-refractivity contribution in [2.45, 2.75) is 10.6 Å². The van der Waals surface area contributed by atoms with Gasteiger partial charge in [-0.1, -0.05) is 15.9 Å². The molecule has 2 rings (SSSR count). The van der Waals surface area contributed by atoms with Gasteiger partial charge in [-0.3, -0.25) is 4.21 Å². The molecule has 1 atom stereocenters. The molecule has 1 aromatic carbocycles. The van der Waals surface area contributed by atoms with Crippen molar-refractivity contribution in [2.75, 3.05) is 5.73 Å². The summed E-state index contributed by atoms with van der Waals surface area (Å²) in [5, 5.41) is 1.97. The molecular formula is C11H9Br2NOS2. The van der Waals surface area contributed by atoms with E-state index in [2.05, 4.69) is 31.9 Å². The Bertz CT molecular complexity index is 568. The fraction of sp³-hybridized carbons (Fsp3) is 0.0909. The predicted molar refractivity (Wildman–Crippen MR) is 80.7 cm³/mol. The lowest BCUT2D eigenvalue weighted by Crippen LogP contribution is -2.00. The normalized spacial score (nSPS) is 12.6. The third kappa shape index (κ3) is 3.19. The number of benzene rings is 1. The van der Waals surface area contributed by atoms with Crippen molar-refractivity contribution in [1.29, 1.82) is 0 Å². The lowest BCUT2D eigenvalue weighted by molar-refractivity contribution is 0.683. The molecule has 0 bridgehead atoms. The molecule has 0 amide bonds. The number of nitrogens with two attached hydrogens (primary N) is 1. The SMILES string of the molecule is Nc1ccc(Br)cc1S(=O)Cc1sccc1Br. The molecule has 6 heteroatoms. The van der Waals surface area contributed by atoms with Gasteiger partial charge in [0.1, 0.15) is 0 Å². The summed E-state index contributed by atoms with van der Waals surface area (Å²) in [5.74, 6) is 0.485. The minimum Gasteiger partial charge on any atom is -0.398 e. The van der Waals surface area contributed by atoms with E-state index in [1.54, 1.807) is 17.4 Å². The van der Waals surface area contributed by atoms with Crippen LogP contribution in [0.15, 0.2) is 43.5 Å². The third-order valence-corrected chi connectivity index (χ3v) is 6.17. The van der Waals surface area contributed by atoms with E-state index in [1.807, 2.05) is 23.6 Å². The molecule has 1 heterocycles. The minimum atomic E-state index is -1.12. The van der Waals surface area contributed by atoms with Crippen molar-refractivity contribution in [3.05, 3.63) is 43.5 Å². The number of thiophene rings is 1. The van der Waals surface area contributed by atoms with Crippen LogP contribution in [0.2, 0.25) is 0 Å². The highest BCUT2D eigenvalue weighted by molar-refractivity contribution is 9.10. The van der Waals surface area contributed by atoms with Crippen LogP contribution in [0.5, 0.6) is 0 Å². The Morgan fingerprint density at radius 1 is 1.29 bits per heavy atom. The second-order valence-corrected chi connectivity index (χ2v) is 7.55. The largest absolute Gasteiger partial charge is 0.398 e. The summed E-state index contributed by atoms with van der Waals surface area (Å²) >= 11 is 8.39. The lowest BCUT2D eigenvalue weighted by Gasteiger charge is -2.05. The van der Waals surface area contributed by atoms with Crippen LogP contribution in [-0.2, 0) is 16.6 Å². The van der Waals surface area contributed by atoms with Crippen molar-refractivity contribution in [2.24, 2.45) is 0 Å². The Labute approximate surface area is 123 Å². The fourth-order valence-corrected chi connectivity index (χ4v) is 5.04. The maximum absolute atomic E-state index is 12.2. The average molecular weight is 395 g/mol. The molecule has 0 aliphatic carbocycles. The zero-order valence-electron chi connectivity index (χ0n) is 8.65. The van der Waals surface area contributed by atoms with E-state index in [4.69, 9.17) is 5.73 Å². The monoisotopic (exact) mass is 393 g/mol. The first-order chi connectivity index (χ1) is 8.08. The Balaban J connectivity index is 2.26. The Hall–Kier alpha value is -0.170. The Morgan fingerprint density at radius 3 is 2.71 bits per heavy atom. The molecule has 2 aromatic rings. The van der Waals surface area contributed by atoms with E-state index >= 15 is 0 Å². The standard InChI is InChI=1S/C11H9Br2NOS2/c12-7-1-2-9(14)11(5-7)17(15)6-10-8(13)3-4-16-10/h1-5H,6,14H2. The van der Waals surface area contributed by atoms with Gasteiger partial charge in [-0.25, -0.2) is 0 Å². The van der Waals surface area contributed by atoms with Crippen LogP contribution in [0.4, 0.5) is 5.69 Å². The number of hydrogen-bond donors (Lipinski definition) is 1. The van der Waals surface area contributed by atoms with Crippen LogP contribution in [-0.4, -0.2) is 4.21 Å². The van der Waals surface area contributed by atoms with Gasteiger partial charge in [0.25, 0.3) is 0 Å². The number of anilines is 1. The van der Waals surface area contributed by atoms with Crippen LogP contribution in [0.25, 0.3) is 0 Å². The molecule has 0 saturated carbocycles. The van der Waals surface area contributed by atoms with Crippen LogP contribution in [0, 0.1) is 0 Å². The second kappa shape index (κ2) is 5.65. The summed E-state index contributed by atoms with van der Waals surface area (Å²) in [6, 6.07) is 7.38. The summed E-state index contributed by atoms with van der Waals surface area (Å²) in [4.78, 5) is 1.75. The van der Waals surface area contributed by atoms with Gasteiger partial charge < -0.3 is 5.73 Å². The van der Waals surface area contributed by atoms with E-state index in [0.717, 1.165) is 13.8 Å². The molecule has 0 saturated heterocycles. The van der Waals surface area contributed by atoms with Gasteiger partial charge in [0.05, 0.1) is 21.4 Å². The zero-order chi connectivity index (χ0) is 12.4. The first-order valence-corrected chi connectivity index (χ1v) is 8.51. The van der Waals surface area contributed by atoms with Crippen LogP contribution >= 0.6 is 43.2 Å². The molecule has 1 aromatic heterocycles. The smallest absolute Gasteiger partial charge is 0.0638 e. The van der Waals surface area contributed by atoms with Crippen molar-refractivity contribution in [1.82, 2.24) is 0 Å². The van der Waals surface area contributed by atoms with Gasteiger partial charge in [0.15, 0.2) is 0 Å². The van der Waals surface area contributed by atoms with Gasteiger partial charge in [0, 0.05) is 19.5 Å². The molecule has 0 aliphatic rings. The van der Waals surface area contributed by atoms with Gasteiger partial charge in [0.2, 0.25) is 0 Å². The van der Waals surface area contributed by atoms with Gasteiger partial charge in [-0.05, 0) is 45.6 Å². The molecule has 0 aliphatic heterocycles. The van der Waals surface area contributed by atoms with E-state index < -0.39 is 10.8 Å². The highest BCUT2D eigenvalue weighted by Crippen LogP contribution is 2.28. The summed E-state index contributed by atoms with van der Waals surface area (Å²) in [5.41, 5.74) is 6.40.